The monoisotopic (exact) mass is 451 g/mol. The third kappa shape index (κ3) is 5.61. The van der Waals surface area contributed by atoms with Gasteiger partial charge in [0.25, 0.3) is 11.8 Å². The molecule has 6 heteroatoms. The molecule has 0 spiro atoms. The molecular weight excluding hydrogens is 417 g/mol. The second kappa shape index (κ2) is 10.5. The SMILES string of the molecule is CC(C)C1CCCCN1CCCNC(=O)c1ccc2c(c1)C(=O)N(Cc1ccc(F)cc1)C2. The van der Waals surface area contributed by atoms with Crippen molar-refractivity contribution in [2.75, 3.05) is 19.6 Å². The molecule has 2 aromatic rings. The van der Waals surface area contributed by atoms with Gasteiger partial charge in [0.2, 0.25) is 0 Å². The highest BCUT2D eigenvalue weighted by molar-refractivity contribution is 6.02. The van der Waals surface area contributed by atoms with Crippen LogP contribution >= 0.6 is 0 Å². The number of fused-ring (bicyclic) bond motifs is 1. The minimum absolute atomic E-state index is 0.0891. The van der Waals surface area contributed by atoms with Crippen LogP contribution in [0.2, 0.25) is 0 Å². The van der Waals surface area contributed by atoms with Crippen LogP contribution in [0.3, 0.4) is 0 Å². The average Bonchev–Trinajstić information content (AvgIpc) is 3.12. The van der Waals surface area contributed by atoms with E-state index in [0.29, 0.717) is 42.7 Å². The Morgan fingerprint density at radius 1 is 1.15 bits per heavy atom. The Morgan fingerprint density at radius 2 is 1.94 bits per heavy atom. The first-order chi connectivity index (χ1) is 15.9. The number of hydrogen-bond acceptors (Lipinski definition) is 3. The molecular formula is C27H34FN3O2. The van der Waals surface area contributed by atoms with Gasteiger partial charge in [-0.05, 0) is 67.1 Å². The Balaban J connectivity index is 1.29. The molecule has 1 N–H and O–H groups in total. The Morgan fingerprint density at radius 3 is 2.70 bits per heavy atom. The van der Waals surface area contributed by atoms with Gasteiger partial charge < -0.3 is 15.1 Å². The number of carbonyl (C=O) groups excluding carboxylic acids is 2. The molecule has 0 saturated carbocycles. The van der Waals surface area contributed by atoms with Crippen LogP contribution in [-0.4, -0.2) is 47.3 Å². The minimum atomic E-state index is -0.291. The van der Waals surface area contributed by atoms with Crippen molar-refractivity contribution in [3.05, 3.63) is 70.5 Å². The van der Waals surface area contributed by atoms with Crippen LogP contribution in [0.15, 0.2) is 42.5 Å². The maximum Gasteiger partial charge on any atom is 0.254 e. The molecule has 5 nitrogen and oxygen atoms in total. The van der Waals surface area contributed by atoms with Gasteiger partial charge in [-0.2, -0.15) is 0 Å². The van der Waals surface area contributed by atoms with Gasteiger partial charge in [-0.15, -0.1) is 0 Å². The van der Waals surface area contributed by atoms with Gasteiger partial charge in [-0.3, -0.25) is 9.59 Å². The number of nitrogens with one attached hydrogen (secondary N) is 1. The van der Waals surface area contributed by atoms with E-state index in [9.17, 15) is 14.0 Å². The number of nitrogens with zero attached hydrogens (tertiary/aromatic N) is 2. The highest BCUT2D eigenvalue weighted by atomic mass is 19.1. The van der Waals surface area contributed by atoms with Crippen molar-refractivity contribution in [1.82, 2.24) is 15.1 Å². The number of carbonyl (C=O) groups is 2. The summed E-state index contributed by atoms with van der Waals surface area (Å²) in [6, 6.07) is 12.2. The lowest BCUT2D eigenvalue weighted by atomic mass is 9.92. The topological polar surface area (TPSA) is 52.7 Å². The van der Waals surface area contributed by atoms with E-state index in [2.05, 4.69) is 24.1 Å². The van der Waals surface area contributed by atoms with Crippen molar-refractivity contribution in [2.45, 2.75) is 58.7 Å². The van der Waals surface area contributed by atoms with Crippen molar-refractivity contribution in [3.8, 4) is 0 Å². The molecule has 0 aliphatic carbocycles. The number of benzene rings is 2. The molecule has 2 aliphatic heterocycles. The van der Waals surface area contributed by atoms with E-state index >= 15 is 0 Å². The lowest BCUT2D eigenvalue weighted by Gasteiger charge is -2.38. The van der Waals surface area contributed by atoms with E-state index in [4.69, 9.17) is 0 Å². The van der Waals surface area contributed by atoms with Crippen molar-refractivity contribution < 1.29 is 14.0 Å². The van der Waals surface area contributed by atoms with Crippen LogP contribution in [0, 0.1) is 11.7 Å². The summed E-state index contributed by atoms with van der Waals surface area (Å²) in [6.45, 7) is 8.29. The molecule has 2 heterocycles. The van der Waals surface area contributed by atoms with Crippen molar-refractivity contribution in [2.24, 2.45) is 5.92 Å². The van der Waals surface area contributed by atoms with E-state index in [1.165, 1.54) is 31.4 Å². The zero-order valence-electron chi connectivity index (χ0n) is 19.6. The van der Waals surface area contributed by atoms with Gasteiger partial charge in [0.15, 0.2) is 0 Å². The molecule has 0 radical (unpaired) electrons. The Hall–Kier alpha value is -2.73. The van der Waals surface area contributed by atoms with Crippen LogP contribution < -0.4 is 5.32 Å². The fourth-order valence-electron chi connectivity index (χ4n) is 5.08. The normalized spacial score (nSPS) is 18.6. The first kappa shape index (κ1) is 23.4. The Kier molecular flexibility index (Phi) is 7.43. The van der Waals surface area contributed by atoms with Gasteiger partial charge in [-0.1, -0.05) is 38.5 Å². The Labute approximate surface area is 196 Å². The minimum Gasteiger partial charge on any atom is -0.352 e. The average molecular weight is 452 g/mol. The summed E-state index contributed by atoms with van der Waals surface area (Å²) in [5.41, 5.74) is 2.90. The summed E-state index contributed by atoms with van der Waals surface area (Å²) >= 11 is 0. The van der Waals surface area contributed by atoms with Gasteiger partial charge in [-0.25, -0.2) is 4.39 Å². The number of amides is 2. The van der Waals surface area contributed by atoms with Crippen LogP contribution in [0.1, 0.15) is 71.4 Å². The molecule has 0 bridgehead atoms. The Bertz CT molecular complexity index is 989. The first-order valence-corrected chi connectivity index (χ1v) is 12.1. The number of rotatable bonds is 8. The van der Waals surface area contributed by atoms with E-state index in [1.807, 2.05) is 6.07 Å². The maximum absolute atomic E-state index is 13.1. The molecule has 1 saturated heterocycles. The molecule has 2 amide bonds. The van der Waals surface area contributed by atoms with E-state index in [0.717, 1.165) is 30.6 Å². The molecule has 2 aliphatic rings. The largest absolute Gasteiger partial charge is 0.352 e. The van der Waals surface area contributed by atoms with Crippen molar-refractivity contribution in [3.63, 3.8) is 0 Å². The molecule has 4 rings (SSSR count). The lowest BCUT2D eigenvalue weighted by Crippen LogP contribution is -2.43. The molecule has 33 heavy (non-hydrogen) atoms. The first-order valence-electron chi connectivity index (χ1n) is 12.1. The number of hydrogen-bond donors (Lipinski definition) is 1. The molecule has 2 aromatic carbocycles. The number of piperidine rings is 1. The lowest BCUT2D eigenvalue weighted by molar-refractivity contribution is 0.0766. The molecule has 1 fully saturated rings. The van der Waals surface area contributed by atoms with Gasteiger partial charge >= 0.3 is 0 Å². The summed E-state index contributed by atoms with van der Waals surface area (Å²) in [7, 11) is 0. The third-order valence-electron chi connectivity index (χ3n) is 6.88. The van der Waals surface area contributed by atoms with Gasteiger partial charge in [0.05, 0.1) is 0 Å². The number of likely N-dealkylation sites (tertiary alicyclic amines) is 1. The fourth-order valence-corrected chi connectivity index (χ4v) is 5.08. The predicted octanol–water partition coefficient (Wildman–Crippen LogP) is 4.61. The fraction of sp³-hybridized carbons (Fsp3) is 0.481. The molecule has 0 aromatic heterocycles. The maximum atomic E-state index is 13.1. The van der Waals surface area contributed by atoms with E-state index in [-0.39, 0.29) is 17.6 Å². The highest BCUT2D eigenvalue weighted by Gasteiger charge is 2.28. The van der Waals surface area contributed by atoms with Crippen LogP contribution in [0.5, 0.6) is 0 Å². The smallest absolute Gasteiger partial charge is 0.254 e. The summed E-state index contributed by atoms with van der Waals surface area (Å²) in [5.74, 6) is 0.142. The second-order valence-electron chi connectivity index (χ2n) is 9.61. The summed E-state index contributed by atoms with van der Waals surface area (Å²) in [6.07, 6.45) is 4.76. The second-order valence-corrected chi connectivity index (χ2v) is 9.61. The van der Waals surface area contributed by atoms with E-state index in [1.54, 1.807) is 29.2 Å². The predicted molar refractivity (Wildman–Crippen MR) is 127 cm³/mol. The molecule has 1 atom stereocenters. The third-order valence-corrected chi connectivity index (χ3v) is 6.88. The van der Waals surface area contributed by atoms with Crippen LogP contribution in [0.4, 0.5) is 4.39 Å². The van der Waals surface area contributed by atoms with Gasteiger partial charge in [0.1, 0.15) is 5.82 Å². The molecule has 176 valence electrons. The number of halogens is 1. The zero-order chi connectivity index (χ0) is 23.4. The van der Waals surface area contributed by atoms with Crippen molar-refractivity contribution in [1.29, 1.82) is 0 Å². The summed E-state index contributed by atoms with van der Waals surface area (Å²) < 4.78 is 13.1. The zero-order valence-corrected chi connectivity index (χ0v) is 19.6. The van der Waals surface area contributed by atoms with Crippen LogP contribution in [-0.2, 0) is 13.1 Å². The van der Waals surface area contributed by atoms with E-state index < -0.39 is 0 Å². The quantitative estimate of drug-likeness (QED) is 0.596. The van der Waals surface area contributed by atoms with Crippen LogP contribution in [0.25, 0.3) is 0 Å². The van der Waals surface area contributed by atoms with Gasteiger partial charge in [0, 0.05) is 43.3 Å². The molecule has 1 unspecified atom stereocenters. The standard InChI is InChI=1S/C27H34FN3O2/c1-19(2)25-6-3-4-14-30(25)15-5-13-29-26(32)21-9-10-22-18-31(27(33)24(22)16-21)17-20-7-11-23(28)12-8-20/h7-12,16,19,25H,3-6,13-15,17-18H2,1-2H3,(H,29,32). The van der Waals surface area contributed by atoms with Crippen molar-refractivity contribution >= 4 is 11.8 Å². The highest BCUT2D eigenvalue weighted by Crippen LogP contribution is 2.26. The summed E-state index contributed by atoms with van der Waals surface area (Å²) in [4.78, 5) is 29.9. The summed E-state index contributed by atoms with van der Waals surface area (Å²) in [5, 5.41) is 3.02.